The van der Waals surface area contributed by atoms with Gasteiger partial charge in [-0.1, -0.05) is 0 Å². The van der Waals surface area contributed by atoms with Crippen LogP contribution >= 0.6 is 0 Å². The Labute approximate surface area is 153 Å². The Morgan fingerprint density at radius 3 is 2.54 bits per heavy atom. The molecule has 1 aromatic rings. The number of aromatic nitrogens is 2. The number of piperidine rings is 2. The van der Waals surface area contributed by atoms with E-state index in [0.29, 0.717) is 30.4 Å². The zero-order valence-corrected chi connectivity index (χ0v) is 15.4. The lowest BCUT2D eigenvalue weighted by atomic mass is 10.0. The first-order chi connectivity index (χ1) is 12.4. The van der Waals surface area contributed by atoms with E-state index in [1.165, 1.54) is 0 Å². The highest BCUT2D eigenvalue weighted by Gasteiger charge is 2.25. The fourth-order valence-electron chi connectivity index (χ4n) is 3.60. The van der Waals surface area contributed by atoms with Crippen molar-refractivity contribution in [3.05, 3.63) is 17.6 Å². The molecule has 1 aromatic heterocycles. The smallest absolute Gasteiger partial charge is 0.272 e. The summed E-state index contributed by atoms with van der Waals surface area (Å²) in [6, 6.07) is 1.91. The number of nitrogens with one attached hydrogen (secondary N) is 1. The van der Waals surface area contributed by atoms with Crippen LogP contribution in [0.4, 0.5) is 5.82 Å². The molecule has 0 saturated carbocycles. The van der Waals surface area contributed by atoms with Crippen molar-refractivity contribution in [1.82, 2.24) is 19.8 Å². The quantitative estimate of drug-likeness (QED) is 0.826. The van der Waals surface area contributed by atoms with Crippen LogP contribution in [0.3, 0.4) is 0 Å². The first-order valence-corrected chi connectivity index (χ1v) is 9.27. The van der Waals surface area contributed by atoms with E-state index in [1.807, 2.05) is 4.90 Å². The minimum atomic E-state index is -0.459. The number of carbonyl (C=O) groups is 2. The number of hydrogen-bond acceptors (Lipinski definition) is 6. The molecule has 0 aliphatic carbocycles. The first kappa shape index (κ1) is 18.6. The highest BCUT2D eigenvalue weighted by Crippen LogP contribution is 2.18. The molecule has 0 bridgehead atoms. The fraction of sp³-hybridized carbons (Fsp3) is 0.667. The zero-order valence-electron chi connectivity index (χ0n) is 15.4. The normalized spacial score (nSPS) is 21.6. The summed E-state index contributed by atoms with van der Waals surface area (Å²) < 4.78 is 0. The molecule has 26 heavy (non-hydrogen) atoms. The van der Waals surface area contributed by atoms with E-state index >= 15 is 0 Å². The second kappa shape index (κ2) is 7.99. The number of aliphatic hydroxyl groups is 1. The maximum Gasteiger partial charge on any atom is 0.272 e. The summed E-state index contributed by atoms with van der Waals surface area (Å²) in [6.45, 7) is 5.82. The predicted octanol–water partition coefficient (Wildman–Crippen LogP) is 0.805. The lowest BCUT2D eigenvalue weighted by Crippen LogP contribution is -2.42. The molecule has 1 atom stereocenters. The summed E-state index contributed by atoms with van der Waals surface area (Å²) in [5.74, 6) is 1.12. The van der Waals surface area contributed by atoms with E-state index in [2.05, 4.69) is 15.3 Å². The minimum Gasteiger partial charge on any atom is -0.391 e. The summed E-state index contributed by atoms with van der Waals surface area (Å²) >= 11 is 0. The van der Waals surface area contributed by atoms with E-state index < -0.39 is 6.10 Å². The van der Waals surface area contributed by atoms with Crippen LogP contribution in [0.2, 0.25) is 0 Å². The largest absolute Gasteiger partial charge is 0.391 e. The van der Waals surface area contributed by atoms with Crippen LogP contribution in [0.5, 0.6) is 0 Å². The van der Waals surface area contributed by atoms with Gasteiger partial charge >= 0.3 is 0 Å². The van der Waals surface area contributed by atoms with Crippen molar-refractivity contribution >= 4 is 17.6 Å². The SMILES string of the molecule is CC(=O)N1CCC(Nc2cc(C(=O)N3CCCC(O)C3)nc(C)n2)CC1. The third kappa shape index (κ3) is 4.49. The van der Waals surface area contributed by atoms with Crippen LogP contribution in [0.25, 0.3) is 0 Å². The third-order valence-corrected chi connectivity index (χ3v) is 5.03. The molecular formula is C18H27N5O3. The van der Waals surface area contributed by atoms with E-state index in [0.717, 1.165) is 38.8 Å². The Balaban J connectivity index is 1.66. The minimum absolute atomic E-state index is 0.109. The summed E-state index contributed by atoms with van der Waals surface area (Å²) in [6.07, 6.45) is 2.78. The van der Waals surface area contributed by atoms with Crippen LogP contribution in [-0.4, -0.2) is 75.0 Å². The topological polar surface area (TPSA) is 98.7 Å². The second-order valence-electron chi connectivity index (χ2n) is 7.16. The number of nitrogens with zero attached hydrogens (tertiary/aromatic N) is 4. The van der Waals surface area contributed by atoms with E-state index in [-0.39, 0.29) is 17.9 Å². The van der Waals surface area contributed by atoms with Gasteiger partial charge in [0, 0.05) is 45.2 Å². The number of aryl methyl sites for hydroxylation is 1. The maximum atomic E-state index is 12.7. The average molecular weight is 361 g/mol. The van der Waals surface area contributed by atoms with Gasteiger partial charge in [0.25, 0.3) is 5.91 Å². The second-order valence-corrected chi connectivity index (χ2v) is 7.16. The number of aliphatic hydroxyl groups excluding tert-OH is 1. The fourth-order valence-corrected chi connectivity index (χ4v) is 3.60. The Hall–Kier alpha value is -2.22. The molecule has 2 saturated heterocycles. The molecule has 2 fully saturated rings. The van der Waals surface area contributed by atoms with Gasteiger partial charge in [-0.15, -0.1) is 0 Å². The van der Waals surface area contributed by atoms with Crippen molar-refractivity contribution in [3.8, 4) is 0 Å². The summed E-state index contributed by atoms with van der Waals surface area (Å²) in [5.41, 5.74) is 0.357. The summed E-state index contributed by atoms with van der Waals surface area (Å²) in [7, 11) is 0. The van der Waals surface area contributed by atoms with Crippen LogP contribution in [0, 0.1) is 6.92 Å². The molecule has 142 valence electrons. The number of β-amino-alcohol motifs (C(OH)–C–C–N with tert-alkyl or cyclic N) is 1. The van der Waals surface area contributed by atoms with Gasteiger partial charge in [-0.05, 0) is 32.6 Å². The highest BCUT2D eigenvalue weighted by atomic mass is 16.3. The standard InChI is InChI=1S/C18H27N5O3/c1-12-19-16(18(26)23-7-3-4-15(25)11-23)10-17(20-12)21-14-5-8-22(9-6-14)13(2)24/h10,14-15,25H,3-9,11H2,1-2H3,(H,19,20,21). The molecular weight excluding hydrogens is 334 g/mol. The Bertz CT molecular complexity index is 673. The number of anilines is 1. The number of likely N-dealkylation sites (tertiary alicyclic amines) is 2. The van der Waals surface area contributed by atoms with Gasteiger partial charge in [0.05, 0.1) is 6.10 Å². The Morgan fingerprint density at radius 2 is 1.88 bits per heavy atom. The summed E-state index contributed by atoms with van der Waals surface area (Å²) in [4.78, 5) is 36.3. The Morgan fingerprint density at radius 1 is 1.15 bits per heavy atom. The van der Waals surface area contributed by atoms with E-state index in [1.54, 1.807) is 24.8 Å². The van der Waals surface area contributed by atoms with Crippen LogP contribution < -0.4 is 5.32 Å². The van der Waals surface area contributed by atoms with Gasteiger partial charge in [-0.3, -0.25) is 9.59 Å². The highest BCUT2D eigenvalue weighted by molar-refractivity contribution is 5.93. The molecule has 2 amide bonds. The molecule has 0 aromatic carbocycles. The van der Waals surface area contributed by atoms with Crippen molar-refractivity contribution in [2.75, 3.05) is 31.5 Å². The maximum absolute atomic E-state index is 12.7. The van der Waals surface area contributed by atoms with Crippen molar-refractivity contribution < 1.29 is 14.7 Å². The lowest BCUT2D eigenvalue weighted by molar-refractivity contribution is -0.129. The van der Waals surface area contributed by atoms with Crippen molar-refractivity contribution in [3.63, 3.8) is 0 Å². The molecule has 3 heterocycles. The van der Waals surface area contributed by atoms with Gasteiger partial charge in [0.2, 0.25) is 5.91 Å². The lowest BCUT2D eigenvalue weighted by Gasteiger charge is -2.32. The van der Waals surface area contributed by atoms with Gasteiger partial charge in [0.15, 0.2) is 0 Å². The van der Waals surface area contributed by atoms with E-state index in [9.17, 15) is 14.7 Å². The van der Waals surface area contributed by atoms with Crippen molar-refractivity contribution in [2.24, 2.45) is 0 Å². The molecule has 2 aliphatic heterocycles. The molecule has 2 N–H and O–H groups in total. The number of rotatable bonds is 3. The van der Waals surface area contributed by atoms with Crippen molar-refractivity contribution in [1.29, 1.82) is 0 Å². The van der Waals surface area contributed by atoms with Crippen LogP contribution in [0.1, 0.15) is 48.9 Å². The predicted molar refractivity (Wildman–Crippen MR) is 96.8 cm³/mol. The Kier molecular flexibility index (Phi) is 5.70. The number of hydrogen-bond donors (Lipinski definition) is 2. The van der Waals surface area contributed by atoms with Crippen molar-refractivity contribution in [2.45, 2.75) is 51.7 Å². The van der Waals surface area contributed by atoms with Crippen LogP contribution in [-0.2, 0) is 4.79 Å². The summed E-state index contributed by atoms with van der Waals surface area (Å²) in [5, 5.41) is 13.2. The molecule has 0 radical (unpaired) electrons. The van der Waals surface area contributed by atoms with Gasteiger partial charge in [-0.25, -0.2) is 9.97 Å². The van der Waals surface area contributed by atoms with Gasteiger partial charge < -0.3 is 20.2 Å². The van der Waals surface area contributed by atoms with Gasteiger partial charge in [-0.2, -0.15) is 0 Å². The molecule has 8 nitrogen and oxygen atoms in total. The monoisotopic (exact) mass is 361 g/mol. The zero-order chi connectivity index (χ0) is 18.7. The molecule has 1 unspecified atom stereocenters. The third-order valence-electron chi connectivity index (χ3n) is 5.03. The molecule has 3 rings (SSSR count). The van der Waals surface area contributed by atoms with Crippen LogP contribution in [0.15, 0.2) is 6.07 Å². The first-order valence-electron chi connectivity index (χ1n) is 9.27. The molecule has 8 heteroatoms. The number of amides is 2. The number of carbonyl (C=O) groups excluding carboxylic acids is 2. The van der Waals surface area contributed by atoms with Gasteiger partial charge in [0.1, 0.15) is 17.3 Å². The van der Waals surface area contributed by atoms with E-state index in [4.69, 9.17) is 0 Å². The average Bonchev–Trinajstić information content (AvgIpc) is 2.61. The molecule has 2 aliphatic rings. The molecule has 0 spiro atoms.